The number of hydrogen-bond acceptors (Lipinski definition) is 8. The average Bonchev–Trinajstić information content (AvgIpc) is 2.36. The number of aryl methyl sites for hydroxylation is 1. The van der Waals surface area contributed by atoms with Crippen LogP contribution in [0.5, 0.6) is 0 Å². The van der Waals surface area contributed by atoms with Crippen LogP contribution >= 0.6 is 11.6 Å². The molecule has 1 aromatic heterocycles. The van der Waals surface area contributed by atoms with Gasteiger partial charge in [0.05, 0.1) is 5.69 Å². The highest BCUT2D eigenvalue weighted by Crippen LogP contribution is 2.22. The predicted molar refractivity (Wildman–Crippen MR) is 82.5 cm³/mol. The van der Waals surface area contributed by atoms with Gasteiger partial charge in [0.2, 0.25) is 17.2 Å². The maximum absolute atomic E-state index is 10.9. The number of benzene rings is 1. The zero-order valence-corrected chi connectivity index (χ0v) is 12.8. The van der Waals surface area contributed by atoms with Crippen LogP contribution < -0.4 is 16.5 Å². The second-order valence-electron chi connectivity index (χ2n) is 4.03. The Morgan fingerprint density at radius 3 is 2.71 bits per heavy atom. The van der Waals surface area contributed by atoms with Gasteiger partial charge in [0.25, 0.3) is 0 Å². The normalized spacial score (nSPS) is 12.0. The molecule has 0 radical (unpaired) electrons. The highest BCUT2D eigenvalue weighted by Gasteiger charge is 2.05. The summed E-state index contributed by atoms with van der Waals surface area (Å²) in [6.07, 6.45) is 1.42. The van der Waals surface area contributed by atoms with Gasteiger partial charge in [0.1, 0.15) is 0 Å². The van der Waals surface area contributed by atoms with E-state index in [-0.39, 0.29) is 17.2 Å². The van der Waals surface area contributed by atoms with E-state index < -0.39 is 11.1 Å². The average molecular weight is 329 g/mol. The molecule has 2 aromatic rings. The minimum Gasteiger partial charge on any atom is -0.368 e. The number of anilines is 4. The lowest BCUT2D eigenvalue weighted by Crippen LogP contribution is -2.05. The summed E-state index contributed by atoms with van der Waals surface area (Å²) in [5.41, 5.74) is 10.4. The minimum absolute atomic E-state index is 0.0128. The summed E-state index contributed by atoms with van der Waals surface area (Å²) in [4.78, 5) is 11.5. The third-order valence-corrected chi connectivity index (χ3v) is 2.86. The first-order valence-corrected chi connectivity index (χ1v) is 7.61. The van der Waals surface area contributed by atoms with Crippen molar-refractivity contribution in [2.75, 3.05) is 22.8 Å². The molecule has 0 aliphatic carbocycles. The number of halogens is 1. The lowest BCUT2D eigenvalue weighted by atomic mass is 10.2. The van der Waals surface area contributed by atoms with Crippen LogP contribution in [-0.4, -0.2) is 25.4 Å². The van der Waals surface area contributed by atoms with Gasteiger partial charge in [-0.1, -0.05) is 0 Å². The molecule has 0 amide bonds. The topological polar surface area (TPSA) is 115 Å². The summed E-state index contributed by atoms with van der Waals surface area (Å²) >= 11 is 4.31. The number of hydrogen-bond donors (Lipinski definition) is 3. The van der Waals surface area contributed by atoms with E-state index in [0.717, 1.165) is 11.3 Å². The molecule has 1 aromatic carbocycles. The summed E-state index contributed by atoms with van der Waals surface area (Å²) in [6, 6.07) is 5.36. The van der Waals surface area contributed by atoms with E-state index in [1.54, 1.807) is 12.1 Å². The molecular formula is C11H13ClN6O2S. The van der Waals surface area contributed by atoms with E-state index in [1.165, 1.54) is 6.26 Å². The first kappa shape index (κ1) is 15.4. The molecule has 4 N–H and O–H groups in total. The zero-order valence-electron chi connectivity index (χ0n) is 11.3. The maximum Gasteiger partial charge on any atom is 0.233 e. The number of aromatic nitrogens is 3. The van der Waals surface area contributed by atoms with Gasteiger partial charge in [-0.25, -0.2) is 4.21 Å². The van der Waals surface area contributed by atoms with Crippen LogP contribution in [0.25, 0.3) is 0 Å². The van der Waals surface area contributed by atoms with E-state index in [1.807, 2.05) is 13.0 Å². The number of nitrogens with zero attached hydrogens (tertiary/aromatic N) is 3. The van der Waals surface area contributed by atoms with Crippen molar-refractivity contribution in [1.29, 1.82) is 0 Å². The smallest absolute Gasteiger partial charge is 0.233 e. The predicted octanol–water partition coefficient (Wildman–Crippen LogP) is 1.80. The Morgan fingerprint density at radius 1 is 1.33 bits per heavy atom. The SMILES string of the molecule is Cc1cc(Nc2nc(N)nc(Cl)n2)ccc1NOS(C)=O. The van der Waals surface area contributed by atoms with Gasteiger partial charge in [-0.05, 0) is 42.3 Å². The lowest BCUT2D eigenvalue weighted by molar-refractivity contribution is 0.440. The van der Waals surface area contributed by atoms with Crippen molar-refractivity contribution in [1.82, 2.24) is 15.0 Å². The van der Waals surface area contributed by atoms with Gasteiger partial charge < -0.3 is 11.1 Å². The van der Waals surface area contributed by atoms with Crippen LogP contribution in [0.4, 0.5) is 23.3 Å². The maximum atomic E-state index is 10.9. The van der Waals surface area contributed by atoms with E-state index in [0.29, 0.717) is 5.69 Å². The van der Waals surface area contributed by atoms with Crippen molar-refractivity contribution in [3.63, 3.8) is 0 Å². The van der Waals surface area contributed by atoms with E-state index in [2.05, 4.69) is 25.7 Å². The van der Waals surface area contributed by atoms with Crippen molar-refractivity contribution in [2.45, 2.75) is 6.92 Å². The fourth-order valence-electron chi connectivity index (χ4n) is 1.51. The summed E-state index contributed by atoms with van der Waals surface area (Å²) in [7, 11) is 0. The van der Waals surface area contributed by atoms with Crippen LogP contribution in [0.3, 0.4) is 0 Å². The first-order valence-electron chi connectivity index (χ1n) is 5.75. The fraction of sp³-hybridized carbons (Fsp3) is 0.182. The molecule has 1 atom stereocenters. The Bertz CT molecular complexity index is 664. The molecule has 0 fully saturated rings. The van der Waals surface area contributed by atoms with Crippen molar-refractivity contribution in [2.24, 2.45) is 0 Å². The molecule has 2 rings (SSSR count). The number of nitrogens with one attached hydrogen (secondary N) is 2. The van der Waals surface area contributed by atoms with Crippen LogP contribution in [-0.2, 0) is 15.4 Å². The van der Waals surface area contributed by atoms with Gasteiger partial charge in [0, 0.05) is 11.9 Å². The third-order valence-electron chi connectivity index (χ3n) is 2.38. The Hall–Kier alpha value is -1.97. The summed E-state index contributed by atoms with van der Waals surface area (Å²) in [5.74, 6) is 0.282. The quantitative estimate of drug-likeness (QED) is 0.712. The molecule has 0 bridgehead atoms. The number of rotatable bonds is 5. The summed E-state index contributed by atoms with van der Waals surface area (Å²) in [6.45, 7) is 1.87. The van der Waals surface area contributed by atoms with E-state index in [4.69, 9.17) is 21.6 Å². The summed E-state index contributed by atoms with van der Waals surface area (Å²) < 4.78 is 15.7. The molecule has 10 heteroatoms. The molecule has 0 saturated carbocycles. The van der Waals surface area contributed by atoms with Gasteiger partial charge in [-0.2, -0.15) is 19.2 Å². The Labute approximate surface area is 128 Å². The van der Waals surface area contributed by atoms with Gasteiger partial charge in [0.15, 0.2) is 11.1 Å². The minimum atomic E-state index is -1.40. The monoisotopic (exact) mass is 328 g/mol. The Balaban J connectivity index is 2.14. The highest BCUT2D eigenvalue weighted by atomic mass is 35.5. The Morgan fingerprint density at radius 2 is 2.10 bits per heavy atom. The van der Waals surface area contributed by atoms with Crippen LogP contribution in [0, 0.1) is 6.92 Å². The summed E-state index contributed by atoms with van der Waals surface area (Å²) in [5, 5.41) is 2.98. The second-order valence-corrected chi connectivity index (χ2v) is 5.34. The molecular weight excluding hydrogens is 316 g/mol. The van der Waals surface area contributed by atoms with E-state index >= 15 is 0 Å². The standard InChI is InChI=1S/C11H13ClN6O2S/c1-6-5-7(3-4-8(6)18-20-21(2)19)14-11-16-9(12)15-10(13)17-11/h3-5,18H,1-2H3,(H3,13,14,15,16,17). The third kappa shape index (κ3) is 4.52. The fourth-order valence-corrected chi connectivity index (χ4v) is 1.88. The highest BCUT2D eigenvalue weighted by molar-refractivity contribution is 7.79. The largest absolute Gasteiger partial charge is 0.368 e. The number of nitrogen functional groups attached to an aromatic ring is 1. The molecule has 112 valence electrons. The van der Waals surface area contributed by atoms with Gasteiger partial charge >= 0.3 is 0 Å². The molecule has 1 heterocycles. The van der Waals surface area contributed by atoms with Crippen molar-refractivity contribution in [3.05, 3.63) is 29.0 Å². The molecule has 0 spiro atoms. The Kier molecular flexibility index (Phi) is 4.89. The molecule has 21 heavy (non-hydrogen) atoms. The van der Waals surface area contributed by atoms with E-state index in [9.17, 15) is 4.21 Å². The van der Waals surface area contributed by atoms with Crippen molar-refractivity contribution >= 4 is 46.0 Å². The molecule has 0 aliphatic rings. The molecule has 0 aliphatic heterocycles. The van der Waals surface area contributed by atoms with Crippen molar-refractivity contribution < 1.29 is 8.49 Å². The number of nitrogens with two attached hydrogens (primary N) is 1. The van der Waals surface area contributed by atoms with Crippen LogP contribution in [0.2, 0.25) is 5.28 Å². The lowest BCUT2D eigenvalue weighted by Gasteiger charge is -2.10. The van der Waals surface area contributed by atoms with Gasteiger partial charge in [-0.3, -0.25) is 5.48 Å². The zero-order chi connectivity index (χ0) is 15.4. The first-order chi connectivity index (χ1) is 9.94. The molecule has 1 unspecified atom stereocenters. The second kappa shape index (κ2) is 6.66. The van der Waals surface area contributed by atoms with Gasteiger partial charge in [-0.15, -0.1) is 0 Å². The molecule has 0 saturated heterocycles. The van der Waals surface area contributed by atoms with Crippen molar-refractivity contribution in [3.8, 4) is 0 Å². The van der Waals surface area contributed by atoms with Crippen LogP contribution in [0.1, 0.15) is 5.56 Å². The van der Waals surface area contributed by atoms with Crippen LogP contribution in [0.15, 0.2) is 18.2 Å². The molecule has 8 nitrogen and oxygen atoms in total.